The molecule has 1 aromatic rings. The Hall–Kier alpha value is -3.17. The molecule has 9 nitrogen and oxygen atoms in total. The molecule has 5 amide bonds. The van der Waals surface area contributed by atoms with Gasteiger partial charge in [0.1, 0.15) is 23.7 Å². The number of hydrogen-bond donors (Lipinski definition) is 3. The maximum atomic E-state index is 12.9. The predicted octanol–water partition coefficient (Wildman–Crippen LogP) is 1.63. The molecule has 2 fully saturated rings. The Morgan fingerprint density at radius 2 is 1.87 bits per heavy atom. The Labute approximate surface area is 179 Å². The summed E-state index contributed by atoms with van der Waals surface area (Å²) < 4.78 is 18.3. The van der Waals surface area contributed by atoms with Gasteiger partial charge in [-0.1, -0.05) is 13.3 Å². The number of amides is 5. The van der Waals surface area contributed by atoms with Gasteiger partial charge < -0.3 is 10.1 Å². The van der Waals surface area contributed by atoms with Crippen molar-refractivity contribution in [3.8, 4) is 5.75 Å². The van der Waals surface area contributed by atoms with Crippen LogP contribution in [0.5, 0.6) is 5.75 Å². The fourth-order valence-electron chi connectivity index (χ4n) is 3.92. The summed E-state index contributed by atoms with van der Waals surface area (Å²) in [7, 11) is 0. The van der Waals surface area contributed by atoms with E-state index >= 15 is 0 Å². The van der Waals surface area contributed by atoms with Crippen LogP contribution >= 0.6 is 0 Å². The molecule has 1 aromatic carbocycles. The van der Waals surface area contributed by atoms with Gasteiger partial charge >= 0.3 is 6.03 Å². The number of nitrogens with zero attached hydrogens (tertiary/aromatic N) is 1. The van der Waals surface area contributed by atoms with Crippen molar-refractivity contribution in [1.82, 2.24) is 21.1 Å². The van der Waals surface area contributed by atoms with E-state index in [-0.39, 0.29) is 5.75 Å². The van der Waals surface area contributed by atoms with Crippen LogP contribution in [0.4, 0.5) is 9.18 Å². The molecule has 3 rings (SSSR count). The van der Waals surface area contributed by atoms with Crippen LogP contribution in [0.25, 0.3) is 0 Å². The summed E-state index contributed by atoms with van der Waals surface area (Å²) in [6.07, 6.45) is 2.88. The van der Waals surface area contributed by atoms with Crippen LogP contribution in [-0.4, -0.2) is 46.8 Å². The zero-order chi connectivity index (χ0) is 22.6. The first-order valence-electron chi connectivity index (χ1n) is 10.4. The monoisotopic (exact) mass is 434 g/mol. The van der Waals surface area contributed by atoms with Crippen molar-refractivity contribution in [2.75, 3.05) is 6.54 Å². The Morgan fingerprint density at radius 3 is 2.48 bits per heavy atom. The molecule has 31 heavy (non-hydrogen) atoms. The molecular weight excluding hydrogens is 407 g/mol. The lowest BCUT2D eigenvalue weighted by Gasteiger charge is -2.34. The van der Waals surface area contributed by atoms with E-state index in [1.807, 2.05) is 0 Å². The number of benzene rings is 1. The Balaban J connectivity index is 1.48. The average Bonchev–Trinajstić information content (AvgIpc) is 2.98. The smallest absolute Gasteiger partial charge is 0.325 e. The van der Waals surface area contributed by atoms with Crippen LogP contribution in [0, 0.1) is 11.7 Å². The summed E-state index contributed by atoms with van der Waals surface area (Å²) in [5.41, 5.74) is 3.45. The summed E-state index contributed by atoms with van der Waals surface area (Å²) in [5, 5.41) is 2.76. The molecule has 3 N–H and O–H groups in total. The molecule has 0 radical (unpaired) electrons. The lowest BCUT2D eigenvalue weighted by molar-refractivity contribution is -0.137. The highest BCUT2D eigenvalue weighted by Crippen LogP contribution is 2.37. The molecule has 1 aliphatic heterocycles. The molecule has 1 unspecified atom stereocenters. The maximum absolute atomic E-state index is 12.9. The second kappa shape index (κ2) is 9.32. The number of ether oxygens (including phenoxy) is 1. The Morgan fingerprint density at radius 1 is 1.23 bits per heavy atom. The van der Waals surface area contributed by atoms with E-state index in [0.717, 1.165) is 24.2 Å². The van der Waals surface area contributed by atoms with Crippen molar-refractivity contribution in [2.45, 2.75) is 57.6 Å². The van der Waals surface area contributed by atoms with E-state index in [9.17, 15) is 23.6 Å². The number of carbonyl (C=O) groups is 4. The van der Waals surface area contributed by atoms with Gasteiger partial charge in [-0.15, -0.1) is 0 Å². The first-order valence-corrected chi connectivity index (χ1v) is 10.4. The molecule has 1 atom stereocenters. The molecule has 2 aliphatic rings. The quantitative estimate of drug-likeness (QED) is 0.465. The molecule has 0 bridgehead atoms. The van der Waals surface area contributed by atoms with Crippen molar-refractivity contribution in [1.29, 1.82) is 0 Å². The summed E-state index contributed by atoms with van der Waals surface area (Å²) in [6.45, 7) is 3.06. The molecule has 1 saturated heterocycles. The lowest BCUT2D eigenvalue weighted by atomic mass is 9.75. The molecule has 1 spiro atoms. The Kier molecular flexibility index (Phi) is 6.77. The number of hydrogen-bond acceptors (Lipinski definition) is 5. The zero-order valence-electron chi connectivity index (χ0n) is 17.6. The number of nitrogens with one attached hydrogen (secondary N) is 3. The first-order chi connectivity index (χ1) is 14.7. The standard InChI is InChI=1S/C21H27FN4O5/c1-3-14-8-10-21(11-9-14)19(29)26(20(30)23-21)12-17(27)24-25-18(28)13(2)31-16-6-4-15(22)5-7-16/h4-7,13-14H,3,8-12H2,1-2H3,(H,23,30)(H,24,27)(H,25,28). The van der Waals surface area contributed by atoms with Gasteiger partial charge in [0.2, 0.25) is 0 Å². The minimum atomic E-state index is -0.973. The topological polar surface area (TPSA) is 117 Å². The molecular formula is C21H27FN4O5. The van der Waals surface area contributed by atoms with Crippen LogP contribution in [0.15, 0.2) is 24.3 Å². The second-order valence-corrected chi connectivity index (χ2v) is 8.01. The Bertz CT molecular complexity index is 852. The van der Waals surface area contributed by atoms with Crippen LogP contribution in [0.2, 0.25) is 0 Å². The largest absolute Gasteiger partial charge is 0.481 e. The van der Waals surface area contributed by atoms with Gasteiger partial charge in [-0.05, 0) is 62.8 Å². The molecule has 1 saturated carbocycles. The van der Waals surface area contributed by atoms with E-state index in [1.165, 1.54) is 31.2 Å². The van der Waals surface area contributed by atoms with Gasteiger partial charge in [0.05, 0.1) is 0 Å². The van der Waals surface area contributed by atoms with Gasteiger partial charge in [0.25, 0.3) is 17.7 Å². The van der Waals surface area contributed by atoms with Crippen molar-refractivity contribution in [2.24, 2.45) is 5.92 Å². The van der Waals surface area contributed by atoms with Crippen LogP contribution < -0.4 is 20.9 Å². The minimum Gasteiger partial charge on any atom is -0.481 e. The second-order valence-electron chi connectivity index (χ2n) is 8.01. The van der Waals surface area contributed by atoms with Gasteiger partial charge in [-0.2, -0.15) is 0 Å². The van der Waals surface area contributed by atoms with Gasteiger partial charge in [0.15, 0.2) is 6.10 Å². The van der Waals surface area contributed by atoms with E-state index < -0.39 is 47.8 Å². The van der Waals surface area contributed by atoms with Crippen LogP contribution in [0.1, 0.15) is 46.0 Å². The van der Waals surface area contributed by atoms with E-state index in [0.29, 0.717) is 18.8 Å². The lowest BCUT2D eigenvalue weighted by Crippen LogP contribution is -2.52. The number of carbonyl (C=O) groups excluding carboxylic acids is 4. The minimum absolute atomic E-state index is 0.290. The zero-order valence-corrected chi connectivity index (χ0v) is 17.6. The number of imide groups is 1. The van der Waals surface area contributed by atoms with Crippen LogP contribution in [-0.2, 0) is 14.4 Å². The predicted molar refractivity (Wildman–Crippen MR) is 108 cm³/mol. The van der Waals surface area contributed by atoms with Gasteiger partial charge in [-0.25, -0.2) is 9.18 Å². The SMILES string of the molecule is CCC1CCC2(CC1)NC(=O)N(CC(=O)NNC(=O)C(C)Oc1ccc(F)cc1)C2=O. The fraction of sp³-hybridized carbons (Fsp3) is 0.524. The molecule has 0 aromatic heterocycles. The van der Waals surface area contributed by atoms with Gasteiger partial charge in [0, 0.05) is 0 Å². The fourth-order valence-corrected chi connectivity index (χ4v) is 3.92. The molecule has 10 heteroatoms. The highest BCUT2D eigenvalue weighted by Gasteiger charge is 2.52. The highest BCUT2D eigenvalue weighted by molar-refractivity contribution is 6.09. The molecule has 168 valence electrons. The number of rotatable bonds is 6. The van der Waals surface area contributed by atoms with E-state index in [1.54, 1.807) is 0 Å². The van der Waals surface area contributed by atoms with Crippen molar-refractivity contribution >= 4 is 23.8 Å². The third-order valence-corrected chi connectivity index (χ3v) is 5.90. The number of urea groups is 1. The summed E-state index contributed by atoms with van der Waals surface area (Å²) in [6, 6.07) is 4.54. The average molecular weight is 434 g/mol. The third-order valence-electron chi connectivity index (χ3n) is 5.90. The maximum Gasteiger partial charge on any atom is 0.325 e. The van der Waals surface area contributed by atoms with Gasteiger partial charge in [-0.3, -0.25) is 30.1 Å². The van der Waals surface area contributed by atoms with Crippen LogP contribution in [0.3, 0.4) is 0 Å². The summed E-state index contributed by atoms with van der Waals surface area (Å²) in [4.78, 5) is 50.3. The molecule has 1 heterocycles. The summed E-state index contributed by atoms with van der Waals surface area (Å²) in [5.74, 6) is -1.37. The van der Waals surface area contributed by atoms with Crippen molar-refractivity contribution in [3.05, 3.63) is 30.1 Å². The molecule has 1 aliphatic carbocycles. The summed E-state index contributed by atoms with van der Waals surface area (Å²) >= 11 is 0. The normalized spacial score (nSPS) is 24.0. The van der Waals surface area contributed by atoms with Crippen molar-refractivity contribution < 1.29 is 28.3 Å². The van der Waals surface area contributed by atoms with Crippen molar-refractivity contribution in [3.63, 3.8) is 0 Å². The van der Waals surface area contributed by atoms with E-state index in [4.69, 9.17) is 4.74 Å². The highest BCUT2D eigenvalue weighted by atomic mass is 19.1. The third kappa shape index (κ3) is 5.12. The van der Waals surface area contributed by atoms with E-state index in [2.05, 4.69) is 23.1 Å². The number of hydrazine groups is 1. The number of halogens is 1. The first kappa shape index (κ1) is 22.5.